The Morgan fingerprint density at radius 1 is 1.36 bits per heavy atom. The quantitative estimate of drug-likeness (QED) is 0.584. The molecule has 0 atom stereocenters. The van der Waals surface area contributed by atoms with Crippen molar-refractivity contribution in [2.75, 3.05) is 0 Å². The number of thioether (sulfide) groups is 1. The number of carbonyl (C=O) groups is 2. The molecule has 2 nitrogen and oxygen atoms in total. The van der Waals surface area contributed by atoms with Gasteiger partial charge in [0.05, 0.1) is 0 Å². The van der Waals surface area contributed by atoms with Gasteiger partial charge in [0.25, 0.3) is 0 Å². The number of carbonyl (C=O) groups excluding carboxylic acids is 2. The van der Waals surface area contributed by atoms with Gasteiger partial charge < -0.3 is 9.59 Å². The van der Waals surface area contributed by atoms with Gasteiger partial charge in [-0.15, -0.1) is 23.1 Å². The summed E-state index contributed by atoms with van der Waals surface area (Å²) >= 11 is 2.97. The highest BCUT2D eigenvalue weighted by Crippen LogP contribution is 2.45. The molecule has 72 valence electrons. The Morgan fingerprint density at radius 3 is 2.64 bits per heavy atom. The van der Waals surface area contributed by atoms with Gasteiger partial charge in [-0.25, -0.2) is 0 Å². The van der Waals surface area contributed by atoms with Crippen LogP contribution in [-0.4, -0.2) is 17.3 Å². The molecule has 1 aliphatic rings. The monoisotopic (exact) mass is 224 g/mol. The van der Waals surface area contributed by atoms with Crippen LogP contribution >= 0.6 is 23.1 Å². The topological polar surface area (TPSA) is 34.1 Å². The molecule has 0 unspecified atom stereocenters. The second-order valence-corrected chi connectivity index (χ2v) is 5.39. The molecule has 0 aromatic carbocycles. The lowest BCUT2D eigenvalue weighted by molar-refractivity contribution is -0.117. The van der Waals surface area contributed by atoms with E-state index in [1.165, 1.54) is 11.8 Å². The lowest BCUT2D eigenvalue weighted by atomic mass is 10.1. The number of thiophene rings is 1. The summed E-state index contributed by atoms with van der Waals surface area (Å²) in [6.45, 7) is 0. The smallest absolute Gasteiger partial charge is 0.143 e. The van der Waals surface area contributed by atoms with Crippen LogP contribution < -0.4 is 0 Å². The number of allylic oxidation sites excluding steroid dienone is 1. The van der Waals surface area contributed by atoms with Crippen molar-refractivity contribution in [2.24, 2.45) is 0 Å². The molecule has 1 aromatic rings. The maximum atomic E-state index is 10.8. The molecular weight excluding hydrogens is 216 g/mol. The summed E-state index contributed by atoms with van der Waals surface area (Å²) in [5, 5.41) is 1.98. The van der Waals surface area contributed by atoms with Gasteiger partial charge in [-0.05, 0) is 17.9 Å². The summed E-state index contributed by atoms with van der Waals surface area (Å²) in [5.74, 6) is 0. The van der Waals surface area contributed by atoms with E-state index in [0.717, 1.165) is 22.4 Å². The average molecular weight is 224 g/mol. The molecule has 1 aromatic heterocycles. The number of rotatable bonds is 3. The first kappa shape index (κ1) is 9.68. The van der Waals surface area contributed by atoms with Crippen molar-refractivity contribution < 1.29 is 9.59 Å². The fraction of sp³-hybridized carbons (Fsp3) is 0.200. The van der Waals surface area contributed by atoms with Crippen molar-refractivity contribution in [3.05, 3.63) is 28.5 Å². The fourth-order valence-corrected chi connectivity index (χ4v) is 3.22. The van der Waals surface area contributed by atoms with Gasteiger partial charge >= 0.3 is 0 Å². The summed E-state index contributed by atoms with van der Waals surface area (Å²) in [6.07, 6.45) is 3.95. The average Bonchev–Trinajstić information content (AvgIpc) is 2.87. The largest absolute Gasteiger partial charge is 0.301 e. The van der Waals surface area contributed by atoms with Gasteiger partial charge in [0, 0.05) is 9.78 Å². The van der Waals surface area contributed by atoms with Crippen molar-refractivity contribution in [3.63, 3.8) is 0 Å². The lowest BCUT2D eigenvalue weighted by Crippen LogP contribution is -2.24. The SMILES string of the molecule is O=CC1(C=O)CC=C(c2cccs2)S1. The maximum Gasteiger partial charge on any atom is 0.143 e. The number of hydrogen-bond acceptors (Lipinski definition) is 4. The number of aldehydes is 2. The highest BCUT2D eigenvalue weighted by atomic mass is 32.2. The fourth-order valence-electron chi connectivity index (χ4n) is 1.28. The van der Waals surface area contributed by atoms with Crippen molar-refractivity contribution in [1.82, 2.24) is 0 Å². The summed E-state index contributed by atoms with van der Waals surface area (Å²) < 4.78 is -0.862. The van der Waals surface area contributed by atoms with Gasteiger partial charge in [0.15, 0.2) is 0 Å². The molecule has 0 N–H and O–H groups in total. The molecule has 0 radical (unpaired) electrons. The van der Waals surface area contributed by atoms with E-state index in [-0.39, 0.29) is 0 Å². The van der Waals surface area contributed by atoms with E-state index in [0.29, 0.717) is 6.42 Å². The van der Waals surface area contributed by atoms with E-state index in [9.17, 15) is 9.59 Å². The summed E-state index contributed by atoms with van der Waals surface area (Å²) in [4.78, 5) is 23.8. The van der Waals surface area contributed by atoms with E-state index < -0.39 is 4.75 Å². The molecular formula is C10H8O2S2. The Bertz CT molecular complexity index is 371. The van der Waals surface area contributed by atoms with Crippen LogP contribution in [0.5, 0.6) is 0 Å². The Kier molecular flexibility index (Phi) is 2.56. The van der Waals surface area contributed by atoms with Crippen LogP contribution in [0.2, 0.25) is 0 Å². The second-order valence-electron chi connectivity index (χ2n) is 3.04. The zero-order chi connectivity index (χ0) is 10.0. The normalized spacial score (nSPS) is 19.0. The molecule has 0 fully saturated rings. The zero-order valence-corrected chi connectivity index (χ0v) is 8.94. The predicted molar refractivity (Wildman–Crippen MR) is 59.4 cm³/mol. The molecule has 14 heavy (non-hydrogen) atoms. The molecule has 1 aliphatic heterocycles. The Balaban J connectivity index is 2.21. The first-order valence-corrected chi connectivity index (χ1v) is 5.85. The van der Waals surface area contributed by atoms with E-state index in [2.05, 4.69) is 0 Å². The van der Waals surface area contributed by atoms with Crippen molar-refractivity contribution in [2.45, 2.75) is 11.2 Å². The van der Waals surface area contributed by atoms with Crippen LogP contribution in [-0.2, 0) is 9.59 Å². The number of hydrogen-bond donors (Lipinski definition) is 0. The third-order valence-corrected chi connectivity index (χ3v) is 4.45. The maximum absolute atomic E-state index is 10.8. The molecule has 2 heterocycles. The van der Waals surface area contributed by atoms with Crippen LogP contribution in [0.25, 0.3) is 4.91 Å². The minimum absolute atomic E-state index is 0.512. The molecule has 0 saturated heterocycles. The van der Waals surface area contributed by atoms with E-state index >= 15 is 0 Å². The standard InChI is InChI=1S/C10H8O2S2/c11-6-10(7-12)4-3-9(14-10)8-2-1-5-13-8/h1-3,5-7H,4H2. The van der Waals surface area contributed by atoms with Crippen LogP contribution in [0.4, 0.5) is 0 Å². The van der Waals surface area contributed by atoms with Crippen LogP contribution in [0.3, 0.4) is 0 Å². The minimum Gasteiger partial charge on any atom is -0.301 e. The second kappa shape index (κ2) is 3.71. The van der Waals surface area contributed by atoms with Crippen molar-refractivity contribution in [1.29, 1.82) is 0 Å². The van der Waals surface area contributed by atoms with Gasteiger partial charge in [-0.1, -0.05) is 12.1 Å². The van der Waals surface area contributed by atoms with E-state index in [1.54, 1.807) is 11.3 Å². The predicted octanol–water partition coefficient (Wildman–Crippen LogP) is 2.36. The first-order valence-electron chi connectivity index (χ1n) is 4.15. The summed E-state index contributed by atoms with van der Waals surface area (Å²) in [6, 6.07) is 3.96. The highest BCUT2D eigenvalue weighted by Gasteiger charge is 2.35. The van der Waals surface area contributed by atoms with Crippen molar-refractivity contribution in [3.8, 4) is 0 Å². The summed E-state index contributed by atoms with van der Waals surface area (Å²) in [7, 11) is 0. The third-order valence-electron chi connectivity index (χ3n) is 2.07. The third kappa shape index (κ3) is 1.55. The molecule has 0 aliphatic carbocycles. The summed E-state index contributed by atoms with van der Waals surface area (Å²) in [5.41, 5.74) is 0. The van der Waals surface area contributed by atoms with Crippen LogP contribution in [0, 0.1) is 0 Å². The van der Waals surface area contributed by atoms with Crippen LogP contribution in [0.15, 0.2) is 23.6 Å². The minimum atomic E-state index is -0.862. The van der Waals surface area contributed by atoms with Crippen LogP contribution in [0.1, 0.15) is 11.3 Å². The molecule has 0 amide bonds. The molecule has 4 heteroatoms. The zero-order valence-electron chi connectivity index (χ0n) is 7.30. The molecule has 0 bridgehead atoms. The van der Waals surface area contributed by atoms with E-state index in [1.807, 2.05) is 23.6 Å². The highest BCUT2D eigenvalue weighted by molar-refractivity contribution is 8.11. The van der Waals surface area contributed by atoms with Gasteiger partial charge in [0.2, 0.25) is 0 Å². The Labute approximate surface area is 90.0 Å². The molecule has 0 spiro atoms. The lowest BCUT2D eigenvalue weighted by Gasteiger charge is -2.12. The van der Waals surface area contributed by atoms with Gasteiger partial charge in [-0.3, -0.25) is 0 Å². The van der Waals surface area contributed by atoms with Gasteiger partial charge in [-0.2, -0.15) is 0 Å². The Hall–Kier alpha value is -0.870. The molecule has 2 rings (SSSR count). The van der Waals surface area contributed by atoms with Crippen molar-refractivity contribution >= 4 is 40.6 Å². The van der Waals surface area contributed by atoms with E-state index in [4.69, 9.17) is 0 Å². The Morgan fingerprint density at radius 2 is 2.14 bits per heavy atom. The van der Waals surface area contributed by atoms with Gasteiger partial charge in [0.1, 0.15) is 17.3 Å². The molecule has 0 saturated carbocycles. The first-order chi connectivity index (χ1) is 6.79.